The fraction of sp³-hybridized carbons (Fsp3) is 0.118. The van der Waals surface area contributed by atoms with Crippen molar-refractivity contribution in [1.82, 2.24) is 15.2 Å². The maximum atomic E-state index is 13.6. The first-order valence-electron chi connectivity index (χ1n) is 7.25. The Morgan fingerprint density at radius 3 is 2.75 bits per heavy atom. The van der Waals surface area contributed by atoms with E-state index in [4.69, 9.17) is 0 Å². The molecular weight excluding hydrogens is 314 g/mol. The van der Waals surface area contributed by atoms with Gasteiger partial charge in [0.25, 0.3) is 0 Å². The second-order valence-electron chi connectivity index (χ2n) is 5.26. The van der Waals surface area contributed by atoms with E-state index in [2.05, 4.69) is 20.5 Å². The molecule has 0 spiro atoms. The van der Waals surface area contributed by atoms with Crippen LogP contribution in [0.25, 0.3) is 11.4 Å². The van der Waals surface area contributed by atoms with Crippen LogP contribution in [0.3, 0.4) is 0 Å². The summed E-state index contributed by atoms with van der Waals surface area (Å²) in [6, 6.07) is 10.7. The van der Waals surface area contributed by atoms with Gasteiger partial charge in [-0.3, -0.25) is 9.89 Å². The molecule has 1 amide bonds. The van der Waals surface area contributed by atoms with Crippen LogP contribution in [0.15, 0.2) is 42.5 Å². The highest BCUT2D eigenvalue weighted by Crippen LogP contribution is 2.20. The zero-order valence-corrected chi connectivity index (χ0v) is 12.8. The van der Waals surface area contributed by atoms with Gasteiger partial charge >= 0.3 is 0 Å². The lowest BCUT2D eigenvalue weighted by molar-refractivity contribution is -0.115. The van der Waals surface area contributed by atoms with Crippen molar-refractivity contribution < 1.29 is 13.6 Å². The number of halogens is 2. The predicted octanol–water partition coefficient (Wildman–Crippen LogP) is 3.24. The van der Waals surface area contributed by atoms with Crippen molar-refractivity contribution in [2.45, 2.75) is 13.3 Å². The molecule has 0 bridgehead atoms. The summed E-state index contributed by atoms with van der Waals surface area (Å²) in [6.45, 7) is 1.79. The molecule has 122 valence electrons. The third-order valence-electron chi connectivity index (χ3n) is 3.38. The lowest BCUT2D eigenvalue weighted by Crippen LogP contribution is -2.15. The topological polar surface area (TPSA) is 70.7 Å². The van der Waals surface area contributed by atoms with Gasteiger partial charge < -0.3 is 5.32 Å². The van der Waals surface area contributed by atoms with Crippen molar-refractivity contribution in [1.29, 1.82) is 0 Å². The summed E-state index contributed by atoms with van der Waals surface area (Å²) in [5.74, 6) is -1.22. The van der Waals surface area contributed by atoms with Gasteiger partial charge in [-0.2, -0.15) is 5.10 Å². The van der Waals surface area contributed by atoms with Gasteiger partial charge in [0.05, 0.1) is 6.42 Å². The Bertz CT molecular complexity index is 892. The molecule has 0 aliphatic carbocycles. The Hall–Kier alpha value is -3.09. The molecule has 2 aromatic carbocycles. The number of nitrogens with zero attached hydrogens (tertiary/aromatic N) is 2. The van der Waals surface area contributed by atoms with Gasteiger partial charge in [0.1, 0.15) is 5.82 Å². The van der Waals surface area contributed by atoms with E-state index in [9.17, 15) is 13.6 Å². The quantitative estimate of drug-likeness (QED) is 0.772. The van der Waals surface area contributed by atoms with E-state index in [-0.39, 0.29) is 12.0 Å². The van der Waals surface area contributed by atoms with Crippen LogP contribution in [0.4, 0.5) is 14.5 Å². The van der Waals surface area contributed by atoms with Gasteiger partial charge in [0, 0.05) is 16.8 Å². The number of aromatic nitrogens is 3. The standard InChI is InChI=1S/C17H14F2N4O/c1-10-20-17(23-22-10)12-5-2-6-13(8-12)21-15(24)9-11-4-3-7-14(18)16(11)19/h2-8H,9H2,1H3,(H,21,24)(H,20,22,23). The Kier molecular flexibility index (Phi) is 4.33. The number of H-pyrrole nitrogens is 1. The minimum atomic E-state index is -1.00. The molecule has 0 aliphatic rings. The zero-order valence-electron chi connectivity index (χ0n) is 12.8. The molecular formula is C17H14F2N4O. The van der Waals surface area contributed by atoms with Gasteiger partial charge in [-0.15, -0.1) is 0 Å². The normalized spacial score (nSPS) is 10.6. The molecule has 7 heteroatoms. The van der Waals surface area contributed by atoms with E-state index in [0.29, 0.717) is 17.3 Å². The Labute approximate surface area is 136 Å². The number of nitrogens with one attached hydrogen (secondary N) is 2. The number of carbonyl (C=O) groups excluding carboxylic acids is 1. The molecule has 1 heterocycles. The third kappa shape index (κ3) is 3.45. The van der Waals surface area contributed by atoms with Crippen LogP contribution in [-0.2, 0) is 11.2 Å². The van der Waals surface area contributed by atoms with E-state index in [0.717, 1.165) is 11.6 Å². The molecule has 3 aromatic rings. The molecule has 2 N–H and O–H groups in total. The highest BCUT2D eigenvalue weighted by atomic mass is 19.2. The van der Waals surface area contributed by atoms with Crippen LogP contribution < -0.4 is 5.32 Å². The summed E-state index contributed by atoms with van der Waals surface area (Å²) in [5.41, 5.74) is 1.26. The first-order chi connectivity index (χ1) is 11.5. The van der Waals surface area contributed by atoms with Crippen molar-refractivity contribution in [2.24, 2.45) is 0 Å². The van der Waals surface area contributed by atoms with E-state index in [1.165, 1.54) is 12.1 Å². The van der Waals surface area contributed by atoms with Crippen LogP contribution in [-0.4, -0.2) is 21.1 Å². The van der Waals surface area contributed by atoms with Gasteiger partial charge in [-0.1, -0.05) is 24.3 Å². The number of aromatic amines is 1. The summed E-state index contributed by atoms with van der Waals surface area (Å²) in [5, 5.41) is 9.46. The molecule has 3 rings (SSSR count). The lowest BCUT2D eigenvalue weighted by atomic mass is 10.1. The Morgan fingerprint density at radius 1 is 1.21 bits per heavy atom. The Balaban J connectivity index is 1.74. The molecule has 0 fully saturated rings. The van der Waals surface area contributed by atoms with Crippen molar-refractivity contribution in [2.75, 3.05) is 5.32 Å². The van der Waals surface area contributed by atoms with Gasteiger partial charge in [0.2, 0.25) is 5.91 Å². The number of benzene rings is 2. The van der Waals surface area contributed by atoms with Crippen molar-refractivity contribution in [3.05, 3.63) is 65.5 Å². The van der Waals surface area contributed by atoms with Crippen LogP contribution in [0, 0.1) is 18.6 Å². The number of carbonyl (C=O) groups is 1. The van der Waals surface area contributed by atoms with E-state index >= 15 is 0 Å². The predicted molar refractivity (Wildman–Crippen MR) is 85.2 cm³/mol. The van der Waals surface area contributed by atoms with Crippen LogP contribution >= 0.6 is 0 Å². The van der Waals surface area contributed by atoms with Crippen molar-refractivity contribution in [3.8, 4) is 11.4 Å². The zero-order chi connectivity index (χ0) is 17.1. The minimum absolute atomic E-state index is 0.00764. The first-order valence-corrected chi connectivity index (χ1v) is 7.25. The van der Waals surface area contributed by atoms with Gasteiger partial charge in [-0.25, -0.2) is 13.8 Å². The number of amides is 1. The van der Waals surface area contributed by atoms with Crippen molar-refractivity contribution in [3.63, 3.8) is 0 Å². The SMILES string of the molecule is Cc1nc(-c2cccc(NC(=O)Cc3cccc(F)c3F)c2)n[nH]1. The fourth-order valence-corrected chi connectivity index (χ4v) is 2.27. The first kappa shape index (κ1) is 15.8. The molecule has 1 aromatic heterocycles. The minimum Gasteiger partial charge on any atom is -0.326 e. The maximum Gasteiger partial charge on any atom is 0.228 e. The number of hydrogen-bond acceptors (Lipinski definition) is 3. The third-order valence-corrected chi connectivity index (χ3v) is 3.38. The monoisotopic (exact) mass is 328 g/mol. The summed E-state index contributed by atoms with van der Waals surface area (Å²) < 4.78 is 26.8. The van der Waals surface area contributed by atoms with Crippen molar-refractivity contribution >= 4 is 11.6 Å². The summed E-state index contributed by atoms with van der Waals surface area (Å²) in [7, 11) is 0. The summed E-state index contributed by atoms with van der Waals surface area (Å²) in [6.07, 6.45) is -0.256. The molecule has 0 saturated carbocycles. The second-order valence-corrected chi connectivity index (χ2v) is 5.26. The highest BCUT2D eigenvalue weighted by molar-refractivity contribution is 5.92. The fourth-order valence-electron chi connectivity index (χ4n) is 2.27. The number of anilines is 1. The number of rotatable bonds is 4. The summed E-state index contributed by atoms with van der Waals surface area (Å²) >= 11 is 0. The van der Waals surface area contributed by atoms with Crippen LogP contribution in [0.1, 0.15) is 11.4 Å². The van der Waals surface area contributed by atoms with Gasteiger partial charge in [0.15, 0.2) is 17.5 Å². The number of aryl methyl sites for hydroxylation is 1. The molecule has 0 radical (unpaired) electrons. The summed E-state index contributed by atoms with van der Waals surface area (Å²) in [4.78, 5) is 16.3. The van der Waals surface area contributed by atoms with E-state index in [1.54, 1.807) is 25.1 Å². The maximum absolute atomic E-state index is 13.6. The van der Waals surface area contributed by atoms with Gasteiger partial charge in [-0.05, 0) is 25.1 Å². The molecule has 0 atom stereocenters. The van der Waals surface area contributed by atoms with E-state index < -0.39 is 17.5 Å². The molecule has 0 aliphatic heterocycles. The Morgan fingerprint density at radius 2 is 2.00 bits per heavy atom. The molecule has 5 nitrogen and oxygen atoms in total. The second kappa shape index (κ2) is 6.57. The highest BCUT2D eigenvalue weighted by Gasteiger charge is 2.12. The average molecular weight is 328 g/mol. The van der Waals surface area contributed by atoms with E-state index in [1.807, 2.05) is 6.07 Å². The number of hydrogen-bond donors (Lipinski definition) is 2. The molecule has 0 saturated heterocycles. The average Bonchev–Trinajstić information content (AvgIpc) is 2.99. The molecule has 24 heavy (non-hydrogen) atoms. The molecule has 0 unspecified atom stereocenters. The van der Waals surface area contributed by atoms with Crippen LogP contribution in [0.2, 0.25) is 0 Å². The smallest absolute Gasteiger partial charge is 0.228 e. The largest absolute Gasteiger partial charge is 0.326 e. The lowest BCUT2D eigenvalue weighted by Gasteiger charge is -2.07. The van der Waals surface area contributed by atoms with Crippen LogP contribution in [0.5, 0.6) is 0 Å².